The third-order valence-electron chi connectivity index (χ3n) is 6.43. The molecule has 0 radical (unpaired) electrons. The number of benzene rings is 2. The summed E-state index contributed by atoms with van der Waals surface area (Å²) in [4.78, 5) is 14.0. The lowest BCUT2D eigenvalue weighted by Gasteiger charge is -2.12. The largest absolute Gasteiger partial charge is 0.494 e. The molecule has 1 aliphatic carbocycles. The molecule has 2 N–H and O–H groups in total. The van der Waals surface area contributed by atoms with Crippen LogP contribution in [0, 0.1) is 11.3 Å². The average molecular weight is 559 g/mol. The number of amides is 1. The molecule has 0 fully saturated rings. The molecule has 10 heteroatoms. The summed E-state index contributed by atoms with van der Waals surface area (Å²) < 4.78 is 7.54. The van der Waals surface area contributed by atoms with E-state index in [-0.39, 0.29) is 5.91 Å². The fourth-order valence-corrected chi connectivity index (χ4v) is 6.72. The highest BCUT2D eigenvalue weighted by Crippen LogP contribution is 2.37. The fourth-order valence-electron chi connectivity index (χ4n) is 4.56. The Morgan fingerprint density at radius 2 is 1.92 bits per heavy atom. The van der Waals surface area contributed by atoms with Gasteiger partial charge in [0.1, 0.15) is 16.8 Å². The smallest absolute Gasteiger partial charge is 0.225 e. The first-order valence-corrected chi connectivity index (χ1v) is 14.9. The highest BCUT2D eigenvalue weighted by Gasteiger charge is 2.22. The van der Waals surface area contributed by atoms with Crippen molar-refractivity contribution in [3.05, 3.63) is 76.4 Å². The second kappa shape index (κ2) is 12.8. The highest BCUT2D eigenvalue weighted by molar-refractivity contribution is 7.99. The molecule has 0 bridgehead atoms. The van der Waals surface area contributed by atoms with Crippen LogP contribution in [0.25, 0.3) is 5.69 Å². The summed E-state index contributed by atoms with van der Waals surface area (Å²) >= 11 is 3.04. The van der Waals surface area contributed by atoms with Crippen molar-refractivity contribution in [1.29, 1.82) is 5.26 Å². The molecule has 39 heavy (non-hydrogen) atoms. The summed E-state index contributed by atoms with van der Waals surface area (Å²) in [6, 6.07) is 20.1. The summed E-state index contributed by atoms with van der Waals surface area (Å²) in [7, 11) is 0. The Labute approximate surface area is 236 Å². The van der Waals surface area contributed by atoms with Crippen molar-refractivity contribution in [2.24, 2.45) is 0 Å². The molecule has 2 heterocycles. The van der Waals surface area contributed by atoms with Crippen LogP contribution >= 0.6 is 23.1 Å². The van der Waals surface area contributed by atoms with E-state index >= 15 is 0 Å². The number of fused-ring (bicyclic) bond motifs is 1. The van der Waals surface area contributed by atoms with Gasteiger partial charge in [0.25, 0.3) is 0 Å². The molecule has 5 rings (SSSR count). The van der Waals surface area contributed by atoms with Gasteiger partial charge in [-0.15, -0.1) is 21.5 Å². The second-order valence-electron chi connectivity index (χ2n) is 9.05. The van der Waals surface area contributed by atoms with E-state index in [1.54, 1.807) is 11.3 Å². The predicted octanol–water partition coefficient (Wildman–Crippen LogP) is 6.21. The summed E-state index contributed by atoms with van der Waals surface area (Å²) in [5, 5.41) is 26.4. The number of aromatic nitrogens is 3. The summed E-state index contributed by atoms with van der Waals surface area (Å²) in [5.74, 6) is 2.04. The van der Waals surface area contributed by atoms with Gasteiger partial charge < -0.3 is 15.4 Å². The van der Waals surface area contributed by atoms with Crippen LogP contribution in [-0.4, -0.2) is 33.0 Å². The van der Waals surface area contributed by atoms with Crippen LogP contribution in [0.1, 0.15) is 48.0 Å². The van der Waals surface area contributed by atoms with Gasteiger partial charge in [0.2, 0.25) is 5.91 Å². The van der Waals surface area contributed by atoms with Gasteiger partial charge >= 0.3 is 0 Å². The third-order valence-corrected chi connectivity index (χ3v) is 8.56. The molecular formula is C29H30N6O2S2. The van der Waals surface area contributed by atoms with Gasteiger partial charge in [-0.05, 0) is 74.6 Å². The molecule has 0 saturated carbocycles. The van der Waals surface area contributed by atoms with Crippen molar-refractivity contribution >= 4 is 39.7 Å². The lowest BCUT2D eigenvalue weighted by Crippen LogP contribution is -2.12. The number of ether oxygens (including phenoxy) is 1. The first kappa shape index (κ1) is 26.8. The van der Waals surface area contributed by atoms with Gasteiger partial charge in [-0.3, -0.25) is 9.36 Å². The summed E-state index contributed by atoms with van der Waals surface area (Å²) in [5.41, 5.74) is 3.68. The molecule has 8 nitrogen and oxygen atoms in total. The Bertz CT molecular complexity index is 1460. The highest BCUT2D eigenvalue weighted by atomic mass is 32.2. The molecule has 0 saturated heterocycles. The van der Waals surface area contributed by atoms with E-state index in [9.17, 15) is 10.1 Å². The summed E-state index contributed by atoms with van der Waals surface area (Å²) in [6.07, 6.45) is 4.46. The number of thiophene rings is 1. The van der Waals surface area contributed by atoms with E-state index in [1.165, 1.54) is 16.6 Å². The van der Waals surface area contributed by atoms with Gasteiger partial charge in [-0.2, -0.15) is 5.26 Å². The number of para-hydroxylation sites is 1. The Morgan fingerprint density at radius 3 is 2.69 bits per heavy atom. The maximum Gasteiger partial charge on any atom is 0.225 e. The van der Waals surface area contributed by atoms with E-state index in [0.29, 0.717) is 35.9 Å². The molecule has 0 unspecified atom stereocenters. The first-order chi connectivity index (χ1) is 19.2. The number of anilines is 2. The van der Waals surface area contributed by atoms with Gasteiger partial charge in [0.15, 0.2) is 11.0 Å². The molecular weight excluding hydrogens is 528 g/mol. The zero-order chi connectivity index (χ0) is 27.0. The van der Waals surface area contributed by atoms with Crippen molar-refractivity contribution < 1.29 is 9.53 Å². The van der Waals surface area contributed by atoms with Crippen LogP contribution in [-0.2, 0) is 24.2 Å². The lowest BCUT2D eigenvalue weighted by atomic mass is 9.96. The number of nitrogens with zero attached hydrogens (tertiary/aromatic N) is 4. The minimum absolute atomic E-state index is 0.0965. The van der Waals surface area contributed by atoms with Crippen LogP contribution in [0.15, 0.2) is 59.8 Å². The third kappa shape index (κ3) is 6.44. The topological polar surface area (TPSA) is 105 Å². The molecule has 0 atom stereocenters. The number of carbonyl (C=O) groups is 1. The molecule has 200 valence electrons. The number of hydrogen-bond donors (Lipinski definition) is 2. The maximum atomic E-state index is 12.8. The Balaban J connectivity index is 1.23. The number of hydrogen-bond acceptors (Lipinski definition) is 8. The normalized spacial score (nSPS) is 12.4. The molecule has 0 spiro atoms. The fraction of sp³-hybridized carbons (Fsp3) is 0.310. The maximum absolute atomic E-state index is 12.8. The number of carbonyl (C=O) groups excluding carboxylic acids is 1. The first-order valence-electron chi connectivity index (χ1n) is 13.1. The average Bonchev–Trinajstić information content (AvgIpc) is 3.53. The minimum Gasteiger partial charge on any atom is -0.494 e. The quantitative estimate of drug-likeness (QED) is 0.211. The Hall–Kier alpha value is -3.81. The zero-order valence-corrected chi connectivity index (χ0v) is 23.4. The van der Waals surface area contributed by atoms with E-state index in [4.69, 9.17) is 4.74 Å². The monoisotopic (exact) mass is 558 g/mol. The van der Waals surface area contributed by atoms with E-state index < -0.39 is 0 Å². The lowest BCUT2D eigenvalue weighted by molar-refractivity contribution is -0.115. The number of thioether (sulfide) groups is 1. The molecule has 1 amide bonds. The summed E-state index contributed by atoms with van der Waals surface area (Å²) in [6.45, 7) is 3.08. The van der Waals surface area contributed by atoms with Crippen LogP contribution in [0.2, 0.25) is 0 Å². The van der Waals surface area contributed by atoms with E-state index in [1.807, 2.05) is 66.1 Å². The van der Waals surface area contributed by atoms with Crippen LogP contribution in [0.4, 0.5) is 10.7 Å². The molecule has 2 aromatic carbocycles. The van der Waals surface area contributed by atoms with Crippen LogP contribution < -0.4 is 15.4 Å². The molecule has 2 aromatic heterocycles. The Kier molecular flexibility index (Phi) is 8.81. The second-order valence-corrected chi connectivity index (χ2v) is 11.2. The molecule has 0 aliphatic heterocycles. The van der Waals surface area contributed by atoms with Gasteiger partial charge in [-0.25, -0.2) is 0 Å². The van der Waals surface area contributed by atoms with Gasteiger partial charge in [0.05, 0.1) is 18.7 Å². The standard InChI is InChI=1S/C29H30N6O2S2/c1-2-37-22-14-12-20(13-15-22)31-19-26-33-34-29(35(26)21-8-4-3-5-9-21)38-17-16-27(36)32-28-24(18-30)23-10-6-7-11-25(23)39-28/h3-5,8-9,12-15,31H,2,6-7,10-11,16-17,19H2,1H3,(H,32,36). The van der Waals surface area contributed by atoms with E-state index in [2.05, 4.69) is 26.9 Å². The van der Waals surface area contributed by atoms with Crippen molar-refractivity contribution in [2.45, 2.75) is 50.7 Å². The van der Waals surface area contributed by atoms with E-state index in [0.717, 1.165) is 59.4 Å². The Morgan fingerprint density at radius 1 is 1.13 bits per heavy atom. The minimum atomic E-state index is -0.0965. The van der Waals surface area contributed by atoms with Crippen molar-refractivity contribution in [1.82, 2.24) is 14.8 Å². The SMILES string of the molecule is CCOc1ccc(NCc2nnc(SCCC(=O)Nc3sc4c(c3C#N)CCCC4)n2-c2ccccc2)cc1. The van der Waals surface area contributed by atoms with Crippen molar-refractivity contribution in [3.63, 3.8) is 0 Å². The van der Waals surface area contributed by atoms with Gasteiger partial charge in [-0.1, -0.05) is 30.0 Å². The van der Waals surface area contributed by atoms with Crippen molar-refractivity contribution in [3.8, 4) is 17.5 Å². The number of nitrogens with one attached hydrogen (secondary N) is 2. The predicted molar refractivity (Wildman–Crippen MR) is 156 cm³/mol. The number of nitriles is 1. The number of aryl methyl sites for hydroxylation is 1. The van der Waals surface area contributed by atoms with Crippen LogP contribution in [0.3, 0.4) is 0 Å². The number of rotatable bonds is 11. The van der Waals surface area contributed by atoms with Crippen LogP contribution in [0.5, 0.6) is 5.75 Å². The zero-order valence-electron chi connectivity index (χ0n) is 21.8. The molecule has 1 aliphatic rings. The molecule has 4 aromatic rings. The van der Waals surface area contributed by atoms with Gasteiger partial charge in [0, 0.05) is 28.4 Å². The van der Waals surface area contributed by atoms with Crippen molar-refractivity contribution in [2.75, 3.05) is 23.0 Å².